The van der Waals surface area contributed by atoms with Crippen LogP contribution in [0, 0.1) is 0 Å². The largest absolute Gasteiger partial charge is 0.349 e. The van der Waals surface area contributed by atoms with Crippen molar-refractivity contribution in [3.8, 4) is 0 Å². The summed E-state index contributed by atoms with van der Waals surface area (Å²) in [4.78, 5) is 11.3. The number of nitrogens with zero attached hydrogens (tertiary/aromatic N) is 4. The van der Waals surface area contributed by atoms with Gasteiger partial charge in [-0.15, -0.1) is 0 Å². The number of rotatable bonds is 5. The second kappa shape index (κ2) is 6.44. The lowest BCUT2D eigenvalue weighted by atomic mass is 10.0. The SMILES string of the molecule is c1ccc(C2CCCN2c2cc(Nc3cc(C4CC4)[nH]n3)ncn2)cc1. The van der Waals surface area contributed by atoms with Gasteiger partial charge < -0.3 is 10.2 Å². The Morgan fingerprint density at radius 3 is 2.73 bits per heavy atom. The molecule has 0 spiro atoms. The van der Waals surface area contributed by atoms with E-state index in [9.17, 15) is 0 Å². The van der Waals surface area contributed by atoms with Gasteiger partial charge in [0.15, 0.2) is 5.82 Å². The Bertz CT molecular complexity index is 886. The van der Waals surface area contributed by atoms with E-state index in [0.717, 1.165) is 30.4 Å². The van der Waals surface area contributed by atoms with Gasteiger partial charge in [-0.3, -0.25) is 5.10 Å². The molecule has 132 valence electrons. The molecule has 1 saturated heterocycles. The van der Waals surface area contributed by atoms with Gasteiger partial charge in [-0.05, 0) is 31.2 Å². The van der Waals surface area contributed by atoms with E-state index < -0.39 is 0 Å². The van der Waals surface area contributed by atoms with Gasteiger partial charge in [0.25, 0.3) is 0 Å². The van der Waals surface area contributed by atoms with Crippen molar-refractivity contribution in [3.05, 3.63) is 60.0 Å². The maximum atomic E-state index is 4.53. The van der Waals surface area contributed by atoms with Gasteiger partial charge in [-0.1, -0.05) is 30.3 Å². The van der Waals surface area contributed by atoms with Crippen molar-refractivity contribution in [2.45, 2.75) is 37.6 Å². The highest BCUT2D eigenvalue weighted by atomic mass is 15.2. The molecule has 2 aliphatic rings. The van der Waals surface area contributed by atoms with Crippen molar-refractivity contribution in [2.75, 3.05) is 16.8 Å². The highest BCUT2D eigenvalue weighted by Crippen LogP contribution is 2.40. The minimum atomic E-state index is 0.380. The monoisotopic (exact) mass is 346 g/mol. The standard InChI is InChI=1S/C20H22N6/c1-2-5-15(6-3-1)17-7-4-10-26(17)20-12-18(21-13-22-20)23-19-11-16(24-25-19)14-8-9-14/h1-3,5-6,11-14,17H,4,7-10H2,(H2,21,22,23,24,25). The van der Waals surface area contributed by atoms with Gasteiger partial charge in [0.05, 0.1) is 6.04 Å². The Morgan fingerprint density at radius 1 is 1.00 bits per heavy atom. The number of aromatic amines is 1. The third-order valence-corrected chi connectivity index (χ3v) is 5.26. The Hall–Kier alpha value is -2.89. The summed E-state index contributed by atoms with van der Waals surface area (Å²) in [5, 5.41) is 10.8. The van der Waals surface area contributed by atoms with E-state index in [2.05, 4.69) is 66.8 Å². The summed E-state index contributed by atoms with van der Waals surface area (Å²) in [7, 11) is 0. The molecule has 3 aromatic rings. The molecule has 1 atom stereocenters. The fourth-order valence-electron chi connectivity index (χ4n) is 3.77. The molecule has 1 aliphatic heterocycles. The van der Waals surface area contributed by atoms with Crippen molar-refractivity contribution in [1.29, 1.82) is 0 Å². The van der Waals surface area contributed by atoms with Crippen LogP contribution in [-0.2, 0) is 0 Å². The maximum absolute atomic E-state index is 4.53. The second-order valence-corrected chi connectivity index (χ2v) is 7.13. The molecule has 2 fully saturated rings. The number of hydrogen-bond acceptors (Lipinski definition) is 5. The molecule has 0 amide bonds. The zero-order chi connectivity index (χ0) is 17.3. The molecule has 3 heterocycles. The van der Waals surface area contributed by atoms with Gasteiger partial charge in [-0.25, -0.2) is 9.97 Å². The Morgan fingerprint density at radius 2 is 1.88 bits per heavy atom. The number of aromatic nitrogens is 4. The molecular formula is C20H22N6. The smallest absolute Gasteiger partial charge is 0.153 e. The highest BCUT2D eigenvalue weighted by molar-refractivity contribution is 5.57. The molecule has 2 aromatic heterocycles. The topological polar surface area (TPSA) is 69.7 Å². The first-order valence-corrected chi connectivity index (χ1v) is 9.33. The minimum Gasteiger partial charge on any atom is -0.349 e. The van der Waals surface area contributed by atoms with Crippen molar-refractivity contribution >= 4 is 17.5 Å². The lowest BCUT2D eigenvalue weighted by molar-refractivity contribution is 0.711. The summed E-state index contributed by atoms with van der Waals surface area (Å²) in [5.41, 5.74) is 2.56. The van der Waals surface area contributed by atoms with Crippen LogP contribution in [0.2, 0.25) is 0 Å². The van der Waals surface area contributed by atoms with E-state index in [4.69, 9.17) is 0 Å². The summed E-state index contributed by atoms with van der Waals surface area (Å²) < 4.78 is 0. The van der Waals surface area contributed by atoms with Crippen molar-refractivity contribution in [3.63, 3.8) is 0 Å². The van der Waals surface area contributed by atoms with E-state index in [-0.39, 0.29) is 0 Å². The van der Waals surface area contributed by atoms with Crippen LogP contribution in [0.1, 0.15) is 48.9 Å². The lowest BCUT2D eigenvalue weighted by Gasteiger charge is -2.26. The Balaban J connectivity index is 1.36. The lowest BCUT2D eigenvalue weighted by Crippen LogP contribution is -2.23. The number of anilines is 3. The fourth-order valence-corrected chi connectivity index (χ4v) is 3.77. The average Bonchev–Trinajstić information content (AvgIpc) is 3.23. The second-order valence-electron chi connectivity index (χ2n) is 7.13. The van der Waals surface area contributed by atoms with Crippen molar-refractivity contribution in [1.82, 2.24) is 20.2 Å². The molecule has 0 bridgehead atoms. The summed E-state index contributed by atoms with van der Waals surface area (Å²) in [6.07, 6.45) is 6.48. The fraction of sp³-hybridized carbons (Fsp3) is 0.350. The van der Waals surface area contributed by atoms with Gasteiger partial charge in [0, 0.05) is 30.3 Å². The molecule has 1 aliphatic carbocycles. The molecule has 1 unspecified atom stereocenters. The summed E-state index contributed by atoms with van der Waals surface area (Å²) in [5.74, 6) is 3.22. The maximum Gasteiger partial charge on any atom is 0.153 e. The molecule has 1 saturated carbocycles. The molecule has 5 rings (SSSR count). The van der Waals surface area contributed by atoms with E-state index in [1.54, 1.807) is 6.33 Å². The van der Waals surface area contributed by atoms with Crippen LogP contribution in [0.4, 0.5) is 17.5 Å². The van der Waals surface area contributed by atoms with Gasteiger partial charge in [-0.2, -0.15) is 5.10 Å². The van der Waals surface area contributed by atoms with Crippen molar-refractivity contribution < 1.29 is 0 Å². The Labute approximate surface area is 152 Å². The van der Waals surface area contributed by atoms with Gasteiger partial charge in [0.2, 0.25) is 0 Å². The van der Waals surface area contributed by atoms with Gasteiger partial charge in [0.1, 0.15) is 18.0 Å². The zero-order valence-electron chi connectivity index (χ0n) is 14.6. The van der Waals surface area contributed by atoms with Crippen LogP contribution in [-0.4, -0.2) is 26.7 Å². The first-order valence-electron chi connectivity index (χ1n) is 9.33. The molecule has 2 N–H and O–H groups in total. The van der Waals surface area contributed by atoms with E-state index in [0.29, 0.717) is 12.0 Å². The summed E-state index contributed by atoms with van der Waals surface area (Å²) in [6.45, 7) is 1.02. The molecule has 26 heavy (non-hydrogen) atoms. The third-order valence-electron chi connectivity index (χ3n) is 5.26. The minimum absolute atomic E-state index is 0.380. The number of benzene rings is 1. The first-order chi connectivity index (χ1) is 12.9. The third kappa shape index (κ3) is 3.03. The number of nitrogens with one attached hydrogen (secondary N) is 2. The van der Waals surface area contributed by atoms with E-state index in [1.165, 1.54) is 30.5 Å². The van der Waals surface area contributed by atoms with Gasteiger partial charge >= 0.3 is 0 Å². The normalized spacial score (nSPS) is 19.7. The highest BCUT2D eigenvalue weighted by Gasteiger charge is 2.28. The first kappa shape index (κ1) is 15.4. The predicted molar refractivity (Wildman–Crippen MR) is 102 cm³/mol. The zero-order valence-corrected chi connectivity index (χ0v) is 14.6. The van der Waals surface area contributed by atoms with Crippen LogP contribution < -0.4 is 10.2 Å². The summed E-state index contributed by atoms with van der Waals surface area (Å²) in [6, 6.07) is 15.2. The average molecular weight is 346 g/mol. The quantitative estimate of drug-likeness (QED) is 0.726. The molecule has 6 nitrogen and oxygen atoms in total. The van der Waals surface area contributed by atoms with Crippen LogP contribution >= 0.6 is 0 Å². The number of H-pyrrole nitrogens is 1. The van der Waals surface area contributed by atoms with Crippen molar-refractivity contribution in [2.24, 2.45) is 0 Å². The van der Waals surface area contributed by atoms with Crippen LogP contribution in [0.15, 0.2) is 48.8 Å². The molecule has 1 aromatic carbocycles. The molecule has 0 radical (unpaired) electrons. The van der Waals surface area contributed by atoms with Crippen LogP contribution in [0.3, 0.4) is 0 Å². The predicted octanol–water partition coefficient (Wildman–Crippen LogP) is 4.16. The van der Waals surface area contributed by atoms with E-state index >= 15 is 0 Å². The van der Waals surface area contributed by atoms with E-state index in [1.807, 2.05) is 6.07 Å². The summed E-state index contributed by atoms with van der Waals surface area (Å²) >= 11 is 0. The molecular weight excluding hydrogens is 324 g/mol. The van der Waals surface area contributed by atoms with Crippen LogP contribution in [0.5, 0.6) is 0 Å². The van der Waals surface area contributed by atoms with Crippen LogP contribution in [0.25, 0.3) is 0 Å². The Kier molecular flexibility index (Phi) is 3.81. The number of hydrogen-bond donors (Lipinski definition) is 2. The molecule has 6 heteroatoms.